The fourth-order valence-electron chi connectivity index (χ4n) is 3.10. The van der Waals surface area contributed by atoms with Crippen molar-refractivity contribution in [1.29, 1.82) is 0 Å². The molecule has 1 aromatic carbocycles. The molecule has 0 bridgehead atoms. The van der Waals surface area contributed by atoms with Gasteiger partial charge in [0.05, 0.1) is 6.04 Å². The SMILES string of the molecule is CNC(C1=CCCCC1)c1ccccc1C(C)(C)C. The molecule has 1 nitrogen and oxygen atoms in total. The summed E-state index contributed by atoms with van der Waals surface area (Å²) in [5.41, 5.74) is 4.68. The summed E-state index contributed by atoms with van der Waals surface area (Å²) in [5, 5.41) is 3.53. The molecule has 0 radical (unpaired) electrons. The van der Waals surface area contributed by atoms with E-state index in [4.69, 9.17) is 0 Å². The van der Waals surface area contributed by atoms with Crippen LogP contribution in [-0.2, 0) is 5.41 Å². The molecule has 1 heteroatoms. The lowest BCUT2D eigenvalue weighted by molar-refractivity contribution is 0.548. The highest BCUT2D eigenvalue weighted by Gasteiger charge is 2.24. The largest absolute Gasteiger partial charge is 0.310 e. The van der Waals surface area contributed by atoms with Gasteiger partial charge < -0.3 is 5.32 Å². The molecule has 0 spiro atoms. The van der Waals surface area contributed by atoms with E-state index in [1.807, 2.05) is 0 Å². The van der Waals surface area contributed by atoms with E-state index >= 15 is 0 Å². The molecule has 0 heterocycles. The van der Waals surface area contributed by atoms with Crippen LogP contribution < -0.4 is 5.32 Å². The topological polar surface area (TPSA) is 12.0 Å². The number of benzene rings is 1. The first kappa shape index (κ1) is 14.3. The number of rotatable bonds is 3. The zero-order valence-electron chi connectivity index (χ0n) is 12.8. The van der Waals surface area contributed by atoms with Crippen molar-refractivity contribution in [2.24, 2.45) is 0 Å². The zero-order valence-corrected chi connectivity index (χ0v) is 12.8. The highest BCUT2D eigenvalue weighted by atomic mass is 14.9. The molecule has 0 aromatic heterocycles. The summed E-state index contributed by atoms with van der Waals surface area (Å²) in [4.78, 5) is 0. The normalized spacial score (nSPS) is 18.0. The van der Waals surface area contributed by atoms with E-state index in [-0.39, 0.29) is 5.41 Å². The van der Waals surface area contributed by atoms with Crippen molar-refractivity contribution < 1.29 is 0 Å². The highest BCUT2D eigenvalue weighted by Crippen LogP contribution is 2.35. The van der Waals surface area contributed by atoms with Gasteiger partial charge in [-0.1, -0.05) is 56.7 Å². The van der Waals surface area contributed by atoms with Crippen molar-refractivity contribution >= 4 is 0 Å². The Labute approximate surface area is 118 Å². The van der Waals surface area contributed by atoms with E-state index in [9.17, 15) is 0 Å². The molecule has 19 heavy (non-hydrogen) atoms. The van der Waals surface area contributed by atoms with Gasteiger partial charge in [0.25, 0.3) is 0 Å². The molecule has 1 N–H and O–H groups in total. The van der Waals surface area contributed by atoms with Crippen LogP contribution in [0.2, 0.25) is 0 Å². The summed E-state index contributed by atoms with van der Waals surface area (Å²) in [5.74, 6) is 0. The molecule has 0 saturated carbocycles. The Kier molecular flexibility index (Phi) is 4.46. The number of allylic oxidation sites excluding steroid dienone is 1. The average molecular weight is 257 g/mol. The van der Waals surface area contributed by atoms with E-state index < -0.39 is 0 Å². The van der Waals surface area contributed by atoms with E-state index in [1.54, 1.807) is 5.57 Å². The van der Waals surface area contributed by atoms with E-state index in [0.717, 1.165) is 0 Å². The van der Waals surface area contributed by atoms with Crippen LogP contribution in [0.5, 0.6) is 0 Å². The van der Waals surface area contributed by atoms with Crippen LogP contribution in [0.25, 0.3) is 0 Å². The summed E-state index contributed by atoms with van der Waals surface area (Å²) < 4.78 is 0. The van der Waals surface area contributed by atoms with Crippen LogP contribution in [0.15, 0.2) is 35.9 Å². The Balaban J connectivity index is 2.41. The van der Waals surface area contributed by atoms with Crippen LogP contribution in [0, 0.1) is 0 Å². The summed E-state index contributed by atoms with van der Waals surface area (Å²) in [6.07, 6.45) is 7.61. The second-order valence-electron chi connectivity index (χ2n) is 6.58. The molecule has 0 fully saturated rings. The first-order chi connectivity index (χ1) is 9.04. The van der Waals surface area contributed by atoms with Crippen LogP contribution in [0.4, 0.5) is 0 Å². The van der Waals surface area contributed by atoms with E-state index in [0.29, 0.717) is 6.04 Å². The van der Waals surface area contributed by atoms with Crippen molar-refractivity contribution in [3.05, 3.63) is 47.0 Å². The highest BCUT2D eigenvalue weighted by molar-refractivity contribution is 5.39. The maximum Gasteiger partial charge on any atom is 0.0536 e. The van der Waals surface area contributed by atoms with Gasteiger partial charge in [-0.05, 0) is 49.3 Å². The first-order valence-electron chi connectivity index (χ1n) is 7.49. The zero-order chi connectivity index (χ0) is 13.9. The number of hydrogen-bond donors (Lipinski definition) is 1. The fraction of sp³-hybridized carbons (Fsp3) is 0.556. The fourth-order valence-corrected chi connectivity index (χ4v) is 3.10. The van der Waals surface area contributed by atoms with E-state index in [2.05, 4.69) is 63.5 Å². The molecule has 0 saturated heterocycles. The Bertz CT molecular complexity index is 451. The molecule has 1 unspecified atom stereocenters. The molecule has 1 aromatic rings. The summed E-state index contributed by atoms with van der Waals surface area (Å²) in [6, 6.07) is 9.28. The minimum atomic E-state index is 0.195. The number of likely N-dealkylation sites (N-methyl/N-ethyl adjacent to an activating group) is 1. The monoisotopic (exact) mass is 257 g/mol. The smallest absolute Gasteiger partial charge is 0.0536 e. The van der Waals surface area contributed by atoms with Gasteiger partial charge in [-0.15, -0.1) is 0 Å². The predicted octanol–water partition coefficient (Wildman–Crippen LogP) is 4.75. The third kappa shape index (κ3) is 3.27. The minimum Gasteiger partial charge on any atom is -0.310 e. The van der Waals surface area contributed by atoms with E-state index in [1.165, 1.54) is 36.8 Å². The lowest BCUT2D eigenvalue weighted by atomic mass is 9.79. The van der Waals surface area contributed by atoms with Gasteiger partial charge in [-0.25, -0.2) is 0 Å². The van der Waals surface area contributed by atoms with Crippen molar-refractivity contribution in [2.75, 3.05) is 7.05 Å². The quantitative estimate of drug-likeness (QED) is 0.771. The average Bonchev–Trinajstić information content (AvgIpc) is 2.40. The molecular formula is C18H27N. The van der Waals surface area contributed by atoms with Gasteiger partial charge in [-0.3, -0.25) is 0 Å². The van der Waals surface area contributed by atoms with Gasteiger partial charge in [-0.2, -0.15) is 0 Å². The summed E-state index contributed by atoms with van der Waals surface area (Å²) in [7, 11) is 2.08. The van der Waals surface area contributed by atoms with Gasteiger partial charge in [0, 0.05) is 0 Å². The van der Waals surface area contributed by atoms with Gasteiger partial charge in [0.1, 0.15) is 0 Å². The van der Waals surface area contributed by atoms with Gasteiger partial charge in [0.15, 0.2) is 0 Å². The summed E-state index contributed by atoms with van der Waals surface area (Å²) in [6.45, 7) is 6.90. The second kappa shape index (κ2) is 5.92. The van der Waals surface area contributed by atoms with Crippen molar-refractivity contribution in [2.45, 2.75) is 57.9 Å². The maximum absolute atomic E-state index is 3.53. The number of hydrogen-bond acceptors (Lipinski definition) is 1. The van der Waals surface area contributed by atoms with Crippen LogP contribution in [0.3, 0.4) is 0 Å². The Hall–Kier alpha value is -1.08. The predicted molar refractivity (Wildman–Crippen MR) is 83.5 cm³/mol. The van der Waals surface area contributed by atoms with Crippen LogP contribution in [-0.4, -0.2) is 7.05 Å². The third-order valence-electron chi connectivity index (χ3n) is 4.07. The molecule has 1 aliphatic rings. The molecular weight excluding hydrogens is 230 g/mol. The first-order valence-corrected chi connectivity index (χ1v) is 7.49. The molecule has 0 aliphatic heterocycles. The Morgan fingerprint density at radius 3 is 2.42 bits per heavy atom. The molecule has 104 valence electrons. The van der Waals surface area contributed by atoms with Crippen molar-refractivity contribution in [3.8, 4) is 0 Å². The van der Waals surface area contributed by atoms with Crippen LogP contribution in [0.1, 0.15) is 63.6 Å². The van der Waals surface area contributed by atoms with Crippen LogP contribution >= 0.6 is 0 Å². The van der Waals surface area contributed by atoms with Crippen molar-refractivity contribution in [1.82, 2.24) is 5.32 Å². The lowest BCUT2D eigenvalue weighted by Crippen LogP contribution is -2.24. The molecule has 1 atom stereocenters. The maximum atomic E-state index is 3.53. The Morgan fingerprint density at radius 1 is 1.11 bits per heavy atom. The lowest BCUT2D eigenvalue weighted by Gasteiger charge is -2.30. The Morgan fingerprint density at radius 2 is 1.84 bits per heavy atom. The minimum absolute atomic E-state index is 0.195. The number of nitrogens with one attached hydrogen (secondary N) is 1. The molecule has 1 aliphatic carbocycles. The third-order valence-corrected chi connectivity index (χ3v) is 4.07. The summed E-state index contributed by atoms with van der Waals surface area (Å²) >= 11 is 0. The van der Waals surface area contributed by atoms with Crippen molar-refractivity contribution in [3.63, 3.8) is 0 Å². The molecule has 2 rings (SSSR count). The molecule has 0 amide bonds. The standard InChI is InChI=1S/C18H27N/c1-18(2,3)16-13-9-8-12-15(16)17(19-4)14-10-6-5-7-11-14/h8-10,12-13,17,19H,5-7,11H2,1-4H3. The second-order valence-corrected chi connectivity index (χ2v) is 6.58. The van der Waals surface area contributed by atoms with Gasteiger partial charge in [0.2, 0.25) is 0 Å². The van der Waals surface area contributed by atoms with Gasteiger partial charge >= 0.3 is 0 Å².